The van der Waals surface area contributed by atoms with Crippen molar-refractivity contribution >= 4 is 34.5 Å². The third-order valence-electron chi connectivity index (χ3n) is 6.12. The Balaban J connectivity index is 1.42. The molecule has 168 valence electrons. The highest BCUT2D eigenvalue weighted by molar-refractivity contribution is 6.30. The fourth-order valence-corrected chi connectivity index (χ4v) is 4.47. The van der Waals surface area contributed by atoms with E-state index in [0.717, 1.165) is 42.0 Å². The molecule has 0 spiro atoms. The van der Waals surface area contributed by atoms with Crippen LogP contribution in [0.2, 0.25) is 5.02 Å². The summed E-state index contributed by atoms with van der Waals surface area (Å²) in [5.41, 5.74) is 4.46. The van der Waals surface area contributed by atoms with Gasteiger partial charge in [-0.05, 0) is 56.4 Å². The van der Waals surface area contributed by atoms with Gasteiger partial charge in [0.1, 0.15) is 5.69 Å². The van der Waals surface area contributed by atoms with Gasteiger partial charge in [0, 0.05) is 35.9 Å². The minimum absolute atomic E-state index is 0.258. The molecule has 2 aromatic heterocycles. The van der Waals surface area contributed by atoms with Gasteiger partial charge in [0.15, 0.2) is 5.65 Å². The molecule has 3 heterocycles. The van der Waals surface area contributed by atoms with Crippen molar-refractivity contribution in [2.24, 2.45) is 0 Å². The van der Waals surface area contributed by atoms with E-state index < -0.39 is 0 Å². The lowest BCUT2D eigenvalue weighted by atomic mass is 10.1. The SMILES string of the molecule is CN(C)[C@@H]1CCN(c2ccccc2NC(=O)c2ccn3ncc(-c4cccc(Cl)c4)c3n2)C1. The molecule has 0 radical (unpaired) electrons. The van der Waals surface area contributed by atoms with Gasteiger partial charge >= 0.3 is 0 Å². The highest BCUT2D eigenvalue weighted by Gasteiger charge is 2.26. The number of carbonyl (C=O) groups excluding carboxylic acids is 1. The molecule has 0 saturated carbocycles. The molecule has 1 aliphatic heterocycles. The van der Waals surface area contributed by atoms with E-state index in [1.165, 1.54) is 0 Å². The van der Waals surface area contributed by atoms with E-state index in [-0.39, 0.29) is 5.91 Å². The number of anilines is 2. The van der Waals surface area contributed by atoms with Crippen LogP contribution in [-0.2, 0) is 0 Å². The van der Waals surface area contributed by atoms with E-state index in [4.69, 9.17) is 11.6 Å². The molecule has 1 amide bonds. The van der Waals surface area contributed by atoms with Crippen LogP contribution in [0.5, 0.6) is 0 Å². The zero-order valence-corrected chi connectivity index (χ0v) is 19.3. The van der Waals surface area contributed by atoms with Crippen LogP contribution < -0.4 is 10.2 Å². The van der Waals surface area contributed by atoms with Crippen molar-refractivity contribution in [3.05, 3.63) is 77.7 Å². The number of nitrogens with one attached hydrogen (secondary N) is 1. The summed E-state index contributed by atoms with van der Waals surface area (Å²) in [4.78, 5) is 22.4. The Morgan fingerprint density at radius 2 is 2.00 bits per heavy atom. The Bertz CT molecular complexity index is 1320. The number of halogens is 1. The molecule has 2 aromatic carbocycles. The van der Waals surface area contributed by atoms with E-state index in [1.807, 2.05) is 42.5 Å². The van der Waals surface area contributed by atoms with Crippen molar-refractivity contribution in [2.45, 2.75) is 12.5 Å². The minimum atomic E-state index is -0.258. The largest absolute Gasteiger partial charge is 0.368 e. The second-order valence-electron chi connectivity index (χ2n) is 8.47. The molecular weight excluding hydrogens is 436 g/mol. The first-order chi connectivity index (χ1) is 16.0. The average molecular weight is 461 g/mol. The Morgan fingerprint density at radius 3 is 2.79 bits per heavy atom. The van der Waals surface area contributed by atoms with Crippen LogP contribution in [0.15, 0.2) is 67.0 Å². The maximum Gasteiger partial charge on any atom is 0.274 e. The molecule has 5 rings (SSSR count). The molecule has 1 N–H and O–H groups in total. The monoisotopic (exact) mass is 460 g/mol. The van der Waals surface area contributed by atoms with Gasteiger partial charge in [-0.3, -0.25) is 4.79 Å². The number of hydrogen-bond donors (Lipinski definition) is 1. The number of rotatable bonds is 5. The number of fused-ring (bicyclic) bond motifs is 1. The number of benzene rings is 2. The van der Waals surface area contributed by atoms with E-state index in [1.54, 1.807) is 23.0 Å². The summed E-state index contributed by atoms with van der Waals surface area (Å²) >= 11 is 6.16. The predicted molar refractivity (Wildman–Crippen MR) is 132 cm³/mol. The predicted octanol–water partition coefficient (Wildman–Crippen LogP) is 4.44. The first-order valence-electron chi connectivity index (χ1n) is 10.9. The molecule has 7 nitrogen and oxygen atoms in total. The summed E-state index contributed by atoms with van der Waals surface area (Å²) < 4.78 is 1.66. The van der Waals surface area contributed by atoms with Crippen LogP contribution in [0.3, 0.4) is 0 Å². The fourth-order valence-electron chi connectivity index (χ4n) is 4.28. The van der Waals surface area contributed by atoms with E-state index in [9.17, 15) is 4.79 Å². The maximum atomic E-state index is 13.2. The summed E-state index contributed by atoms with van der Waals surface area (Å²) in [6.45, 7) is 1.89. The smallest absolute Gasteiger partial charge is 0.274 e. The minimum Gasteiger partial charge on any atom is -0.368 e. The summed E-state index contributed by atoms with van der Waals surface area (Å²) in [6.07, 6.45) is 4.58. The van der Waals surface area contributed by atoms with E-state index in [0.29, 0.717) is 22.4 Å². The summed E-state index contributed by atoms with van der Waals surface area (Å²) in [6, 6.07) is 17.6. The zero-order chi connectivity index (χ0) is 22.9. The Morgan fingerprint density at radius 1 is 1.15 bits per heavy atom. The number of amides is 1. The fraction of sp³-hybridized carbons (Fsp3) is 0.240. The lowest BCUT2D eigenvalue weighted by molar-refractivity contribution is 0.102. The molecule has 1 atom stereocenters. The Hall–Kier alpha value is -3.42. The maximum absolute atomic E-state index is 13.2. The quantitative estimate of drug-likeness (QED) is 0.477. The van der Waals surface area contributed by atoms with Gasteiger partial charge in [0.2, 0.25) is 0 Å². The van der Waals surface area contributed by atoms with E-state index in [2.05, 4.69) is 45.4 Å². The van der Waals surface area contributed by atoms with Crippen molar-refractivity contribution in [2.75, 3.05) is 37.4 Å². The Kier molecular flexibility index (Phi) is 5.74. The zero-order valence-electron chi connectivity index (χ0n) is 18.6. The molecule has 0 bridgehead atoms. The number of carbonyl (C=O) groups is 1. The van der Waals surface area contributed by atoms with Gasteiger partial charge in [-0.15, -0.1) is 0 Å². The first kappa shape index (κ1) is 21.4. The molecule has 1 saturated heterocycles. The van der Waals surface area contributed by atoms with Gasteiger partial charge < -0.3 is 15.1 Å². The summed E-state index contributed by atoms with van der Waals surface area (Å²) in [5.74, 6) is -0.258. The number of aromatic nitrogens is 3. The number of hydrogen-bond acceptors (Lipinski definition) is 5. The molecule has 1 aliphatic rings. The molecular formula is C25H25ClN6O. The van der Waals surface area contributed by atoms with E-state index >= 15 is 0 Å². The average Bonchev–Trinajstić information content (AvgIpc) is 3.47. The molecule has 8 heteroatoms. The third-order valence-corrected chi connectivity index (χ3v) is 6.36. The molecule has 4 aromatic rings. The molecule has 33 heavy (non-hydrogen) atoms. The number of para-hydroxylation sites is 2. The van der Waals surface area contributed by atoms with Crippen LogP contribution in [0, 0.1) is 0 Å². The van der Waals surface area contributed by atoms with Crippen molar-refractivity contribution in [1.82, 2.24) is 19.5 Å². The van der Waals surface area contributed by atoms with Crippen molar-refractivity contribution < 1.29 is 4.79 Å². The van der Waals surface area contributed by atoms with Crippen LogP contribution >= 0.6 is 11.6 Å². The highest BCUT2D eigenvalue weighted by Crippen LogP contribution is 2.30. The molecule has 1 fully saturated rings. The van der Waals surface area contributed by atoms with Gasteiger partial charge in [-0.2, -0.15) is 5.10 Å². The topological polar surface area (TPSA) is 65.8 Å². The summed E-state index contributed by atoms with van der Waals surface area (Å²) in [5, 5.41) is 8.07. The second kappa shape index (κ2) is 8.84. The van der Waals surface area contributed by atoms with Crippen LogP contribution in [0.4, 0.5) is 11.4 Å². The van der Waals surface area contributed by atoms with Gasteiger partial charge in [-0.1, -0.05) is 35.9 Å². The van der Waals surface area contributed by atoms with Crippen LogP contribution in [0.25, 0.3) is 16.8 Å². The lowest BCUT2D eigenvalue weighted by Gasteiger charge is -2.24. The highest BCUT2D eigenvalue weighted by atomic mass is 35.5. The standard InChI is InChI=1S/C25H25ClN6O/c1-30(2)19-10-12-31(16-19)23-9-4-3-8-21(23)29-25(33)22-11-13-32-24(28-22)20(15-27-32)17-6-5-7-18(26)14-17/h3-9,11,13-15,19H,10,12,16H2,1-2H3,(H,29,33)/t19-/m1/s1. The Labute approximate surface area is 197 Å². The second-order valence-corrected chi connectivity index (χ2v) is 8.91. The van der Waals surface area contributed by atoms with Gasteiger partial charge in [0.05, 0.1) is 17.6 Å². The summed E-state index contributed by atoms with van der Waals surface area (Å²) in [7, 11) is 4.22. The normalized spacial score (nSPS) is 16.0. The van der Waals surface area contributed by atoms with Crippen molar-refractivity contribution in [3.63, 3.8) is 0 Å². The first-order valence-corrected chi connectivity index (χ1v) is 11.3. The van der Waals surface area contributed by atoms with Gasteiger partial charge in [0.25, 0.3) is 5.91 Å². The number of nitrogens with zero attached hydrogens (tertiary/aromatic N) is 5. The van der Waals surface area contributed by atoms with Crippen molar-refractivity contribution in [1.29, 1.82) is 0 Å². The van der Waals surface area contributed by atoms with Gasteiger partial charge in [-0.25, -0.2) is 9.50 Å². The lowest BCUT2D eigenvalue weighted by Crippen LogP contribution is -2.31. The number of likely N-dealkylation sites (N-methyl/N-ethyl adjacent to an activating group) is 1. The third kappa shape index (κ3) is 4.29. The molecule has 0 unspecified atom stereocenters. The van der Waals surface area contributed by atoms with Crippen LogP contribution in [-0.4, -0.2) is 58.6 Å². The van der Waals surface area contributed by atoms with Crippen molar-refractivity contribution in [3.8, 4) is 11.1 Å². The van der Waals surface area contributed by atoms with Crippen LogP contribution in [0.1, 0.15) is 16.9 Å². The molecule has 0 aliphatic carbocycles.